The van der Waals surface area contributed by atoms with Crippen LogP contribution in [0.3, 0.4) is 0 Å². The molecule has 1 aliphatic rings. The molecule has 1 heterocycles. The molecule has 1 saturated carbocycles. The molecule has 2 rings (SSSR count). The molecule has 71 valence electrons. The summed E-state index contributed by atoms with van der Waals surface area (Å²) in [6, 6.07) is 0. The van der Waals surface area contributed by atoms with Crippen LogP contribution < -0.4 is 0 Å². The number of imidazole rings is 1. The first-order valence-electron chi connectivity index (χ1n) is 4.96. The molecule has 0 amide bonds. The van der Waals surface area contributed by atoms with Crippen molar-refractivity contribution in [2.45, 2.75) is 44.1 Å². The van der Waals surface area contributed by atoms with Crippen LogP contribution in [0, 0.1) is 6.20 Å². The second-order valence-corrected chi connectivity index (χ2v) is 3.82. The second kappa shape index (κ2) is 3.50. The van der Waals surface area contributed by atoms with Gasteiger partial charge in [0.1, 0.15) is 17.6 Å². The number of hydrogen-bond donors (Lipinski definition) is 2. The number of H-pyrrole nitrogens is 1. The van der Waals surface area contributed by atoms with Crippen molar-refractivity contribution in [3.05, 3.63) is 18.2 Å². The Morgan fingerprint density at radius 1 is 1.31 bits per heavy atom. The molecule has 0 spiro atoms. The summed E-state index contributed by atoms with van der Waals surface area (Å²) in [6.07, 6.45) is 10.7. The average molecular weight is 179 g/mol. The van der Waals surface area contributed by atoms with Crippen molar-refractivity contribution in [3.63, 3.8) is 0 Å². The van der Waals surface area contributed by atoms with E-state index in [2.05, 4.69) is 16.2 Å². The lowest BCUT2D eigenvalue weighted by Crippen LogP contribution is -2.26. The minimum absolute atomic E-state index is 0.689. The summed E-state index contributed by atoms with van der Waals surface area (Å²) in [7, 11) is 0. The van der Waals surface area contributed by atoms with Crippen LogP contribution in [0.4, 0.5) is 0 Å². The van der Waals surface area contributed by atoms with Gasteiger partial charge in [-0.15, -0.1) is 0 Å². The molecule has 0 unspecified atom stereocenters. The Hall–Kier alpha value is -0.830. The van der Waals surface area contributed by atoms with Gasteiger partial charge in [-0.25, -0.2) is 4.98 Å². The van der Waals surface area contributed by atoms with Crippen molar-refractivity contribution in [2.75, 3.05) is 0 Å². The molecule has 0 bridgehead atoms. The van der Waals surface area contributed by atoms with Gasteiger partial charge in [0.15, 0.2) is 0 Å². The Morgan fingerprint density at radius 2 is 2.00 bits per heavy atom. The summed E-state index contributed by atoms with van der Waals surface area (Å²) in [4.78, 5) is 6.98. The number of nitrogens with zero attached hydrogens (tertiary/aromatic N) is 1. The molecule has 0 atom stereocenters. The van der Waals surface area contributed by atoms with Crippen molar-refractivity contribution >= 4 is 0 Å². The van der Waals surface area contributed by atoms with E-state index in [1.165, 1.54) is 12.8 Å². The maximum absolute atomic E-state index is 10.3. The maximum Gasteiger partial charge on any atom is 0.138 e. The van der Waals surface area contributed by atoms with E-state index in [-0.39, 0.29) is 0 Å². The molecule has 1 aromatic rings. The van der Waals surface area contributed by atoms with Crippen molar-refractivity contribution in [1.82, 2.24) is 9.97 Å². The first kappa shape index (κ1) is 8.75. The molecular weight excluding hydrogens is 164 g/mol. The second-order valence-electron chi connectivity index (χ2n) is 3.82. The number of aromatic nitrogens is 2. The lowest BCUT2D eigenvalue weighted by atomic mass is 9.94. The SMILES string of the molecule is OC1(c2n[c]c[nH]2)CCCCCC1. The zero-order valence-corrected chi connectivity index (χ0v) is 7.71. The van der Waals surface area contributed by atoms with E-state index in [9.17, 15) is 5.11 Å². The third-order valence-electron chi connectivity index (χ3n) is 2.82. The summed E-state index contributed by atoms with van der Waals surface area (Å²) in [6.45, 7) is 0. The van der Waals surface area contributed by atoms with Crippen molar-refractivity contribution in [1.29, 1.82) is 0 Å². The van der Waals surface area contributed by atoms with Crippen LogP contribution in [0.1, 0.15) is 44.3 Å². The van der Waals surface area contributed by atoms with E-state index >= 15 is 0 Å². The maximum atomic E-state index is 10.3. The number of hydrogen-bond acceptors (Lipinski definition) is 2. The number of aromatic amines is 1. The first-order valence-corrected chi connectivity index (χ1v) is 4.96. The van der Waals surface area contributed by atoms with Crippen molar-refractivity contribution < 1.29 is 5.11 Å². The van der Waals surface area contributed by atoms with E-state index in [4.69, 9.17) is 0 Å². The largest absolute Gasteiger partial charge is 0.382 e. The topological polar surface area (TPSA) is 48.9 Å². The van der Waals surface area contributed by atoms with Gasteiger partial charge >= 0.3 is 0 Å². The van der Waals surface area contributed by atoms with Crippen LogP contribution in [0.2, 0.25) is 0 Å². The highest BCUT2D eigenvalue weighted by Crippen LogP contribution is 2.33. The van der Waals surface area contributed by atoms with Crippen LogP contribution >= 0.6 is 0 Å². The fourth-order valence-corrected chi connectivity index (χ4v) is 2.02. The third-order valence-corrected chi connectivity index (χ3v) is 2.82. The lowest BCUT2D eigenvalue weighted by molar-refractivity contribution is 0.0126. The minimum atomic E-state index is -0.712. The van der Waals surface area contributed by atoms with E-state index in [1.807, 2.05) is 0 Å². The molecule has 0 aliphatic heterocycles. The van der Waals surface area contributed by atoms with Gasteiger partial charge in [0.05, 0.1) is 0 Å². The molecule has 0 aromatic carbocycles. The van der Waals surface area contributed by atoms with Gasteiger partial charge in [0.2, 0.25) is 0 Å². The van der Waals surface area contributed by atoms with Crippen molar-refractivity contribution in [2.24, 2.45) is 0 Å². The Morgan fingerprint density at radius 3 is 2.54 bits per heavy atom. The Kier molecular flexibility index (Phi) is 2.36. The standard InChI is InChI=1S/C10H15N2O/c13-10(9-11-7-8-12-9)5-3-1-2-4-6-10/h7,13H,1-6H2,(H,11,12). The zero-order chi connectivity index (χ0) is 9.15. The summed E-state index contributed by atoms with van der Waals surface area (Å²) < 4.78 is 0. The quantitative estimate of drug-likeness (QED) is 0.645. The molecular formula is C10H15N2O. The molecule has 1 radical (unpaired) electrons. The molecule has 3 heteroatoms. The first-order chi connectivity index (χ1) is 6.31. The van der Waals surface area contributed by atoms with E-state index in [0.717, 1.165) is 25.7 Å². The predicted octanol–water partition coefficient (Wildman–Crippen LogP) is 1.75. The van der Waals surface area contributed by atoms with Gasteiger partial charge in [0, 0.05) is 6.20 Å². The van der Waals surface area contributed by atoms with Gasteiger partial charge in [-0.1, -0.05) is 25.7 Å². The van der Waals surface area contributed by atoms with Crippen LogP contribution in [-0.2, 0) is 5.60 Å². The van der Waals surface area contributed by atoms with E-state index in [0.29, 0.717) is 5.82 Å². The molecule has 2 N–H and O–H groups in total. The van der Waals surface area contributed by atoms with Gasteiger partial charge in [0.25, 0.3) is 0 Å². The Bertz CT molecular complexity index is 248. The third kappa shape index (κ3) is 1.75. The minimum Gasteiger partial charge on any atom is -0.382 e. The normalized spacial score (nSPS) is 22.5. The highest BCUT2D eigenvalue weighted by molar-refractivity contribution is 5.01. The van der Waals surface area contributed by atoms with Gasteiger partial charge < -0.3 is 10.1 Å². The monoisotopic (exact) mass is 179 g/mol. The molecule has 0 saturated heterocycles. The van der Waals surface area contributed by atoms with Crippen LogP contribution in [0.15, 0.2) is 6.20 Å². The molecule has 1 aliphatic carbocycles. The molecule has 1 fully saturated rings. The van der Waals surface area contributed by atoms with E-state index < -0.39 is 5.60 Å². The number of aliphatic hydroxyl groups is 1. The fraction of sp³-hybridized carbons (Fsp3) is 0.700. The fourth-order valence-electron chi connectivity index (χ4n) is 2.02. The van der Waals surface area contributed by atoms with Gasteiger partial charge in [-0.05, 0) is 12.8 Å². The molecule has 3 nitrogen and oxygen atoms in total. The average Bonchev–Trinajstić information content (AvgIpc) is 2.57. The van der Waals surface area contributed by atoms with Crippen LogP contribution in [0.5, 0.6) is 0 Å². The van der Waals surface area contributed by atoms with E-state index in [1.54, 1.807) is 6.20 Å². The summed E-state index contributed by atoms with van der Waals surface area (Å²) in [5.74, 6) is 0.689. The number of nitrogens with one attached hydrogen (secondary N) is 1. The highest BCUT2D eigenvalue weighted by atomic mass is 16.3. The smallest absolute Gasteiger partial charge is 0.138 e. The molecule has 1 aromatic heterocycles. The van der Waals surface area contributed by atoms with Gasteiger partial charge in [-0.2, -0.15) is 0 Å². The zero-order valence-electron chi connectivity index (χ0n) is 7.71. The van der Waals surface area contributed by atoms with Crippen molar-refractivity contribution in [3.8, 4) is 0 Å². The van der Waals surface area contributed by atoms with Gasteiger partial charge in [-0.3, -0.25) is 0 Å². The Labute approximate surface area is 78.2 Å². The van der Waals surface area contributed by atoms with Crippen LogP contribution in [0.25, 0.3) is 0 Å². The highest BCUT2D eigenvalue weighted by Gasteiger charge is 2.32. The lowest BCUT2D eigenvalue weighted by Gasteiger charge is -2.23. The number of rotatable bonds is 1. The summed E-state index contributed by atoms with van der Waals surface area (Å²) in [5.41, 5.74) is -0.712. The predicted molar refractivity (Wildman–Crippen MR) is 49.0 cm³/mol. The van der Waals surface area contributed by atoms with Crippen LogP contribution in [-0.4, -0.2) is 15.1 Å². The summed E-state index contributed by atoms with van der Waals surface area (Å²) >= 11 is 0. The Balaban J connectivity index is 2.17. The summed E-state index contributed by atoms with van der Waals surface area (Å²) in [5, 5.41) is 10.3. The molecule has 13 heavy (non-hydrogen) atoms.